The van der Waals surface area contributed by atoms with Gasteiger partial charge in [0.2, 0.25) is 0 Å². The highest BCUT2D eigenvalue weighted by molar-refractivity contribution is 5.95. The molecule has 0 aromatic heterocycles. The van der Waals surface area contributed by atoms with Gasteiger partial charge in [0.15, 0.2) is 0 Å². The number of hydrogen-bond acceptors (Lipinski definition) is 2. The van der Waals surface area contributed by atoms with Crippen LogP contribution in [-0.4, -0.2) is 29.4 Å². The Morgan fingerprint density at radius 2 is 2.22 bits per heavy atom. The Bertz CT molecular complexity index is 478. The lowest BCUT2D eigenvalue weighted by Gasteiger charge is -2.34. The van der Waals surface area contributed by atoms with Gasteiger partial charge in [-0.25, -0.2) is 8.78 Å². The number of nitrogens with zero attached hydrogens (tertiary/aromatic N) is 1. The topological polar surface area (TPSA) is 46.3 Å². The summed E-state index contributed by atoms with van der Waals surface area (Å²) in [4.78, 5) is 13.8. The number of rotatable bonds is 2. The molecule has 0 aliphatic carbocycles. The van der Waals surface area contributed by atoms with Crippen LogP contribution in [0.3, 0.4) is 0 Å². The van der Waals surface area contributed by atoms with Crippen LogP contribution >= 0.6 is 0 Å². The smallest absolute Gasteiger partial charge is 0.257 e. The summed E-state index contributed by atoms with van der Waals surface area (Å²) in [6, 6.07) is 2.91. The molecule has 0 spiro atoms. The number of amides is 1. The molecule has 2 rings (SSSR count). The molecule has 0 radical (unpaired) electrons. The first-order valence-electron chi connectivity index (χ1n) is 5.95. The summed E-state index contributed by atoms with van der Waals surface area (Å²) >= 11 is 0. The van der Waals surface area contributed by atoms with Crippen LogP contribution in [0.25, 0.3) is 0 Å². The molecular formula is C13H16F2N2O. The molecule has 1 aromatic rings. The Labute approximate surface area is 105 Å². The summed E-state index contributed by atoms with van der Waals surface area (Å²) in [5.41, 5.74) is 4.99. The van der Waals surface area contributed by atoms with Gasteiger partial charge in [0.05, 0.1) is 11.1 Å². The maximum atomic E-state index is 13.6. The molecule has 1 aliphatic heterocycles. The molecule has 1 amide bonds. The molecule has 1 heterocycles. The molecule has 3 nitrogen and oxygen atoms in total. The van der Waals surface area contributed by atoms with E-state index < -0.39 is 23.1 Å². The minimum atomic E-state index is -0.701. The predicted octanol–water partition coefficient (Wildman–Crippen LogP) is 1.92. The molecule has 18 heavy (non-hydrogen) atoms. The lowest BCUT2D eigenvalue weighted by molar-refractivity contribution is 0.0631. The van der Waals surface area contributed by atoms with Gasteiger partial charge < -0.3 is 10.6 Å². The summed E-state index contributed by atoms with van der Waals surface area (Å²) in [7, 11) is 0. The molecule has 1 saturated heterocycles. The third kappa shape index (κ3) is 2.10. The van der Waals surface area contributed by atoms with E-state index in [-0.39, 0.29) is 5.56 Å². The number of carbonyl (C=O) groups is 1. The third-order valence-electron chi connectivity index (χ3n) is 3.59. The zero-order valence-electron chi connectivity index (χ0n) is 10.2. The quantitative estimate of drug-likeness (QED) is 0.876. The average Bonchev–Trinajstić information content (AvgIpc) is 2.74. The number of nitrogens with two attached hydrogens (primary N) is 1. The Balaban J connectivity index is 2.34. The van der Waals surface area contributed by atoms with E-state index in [1.165, 1.54) is 0 Å². The van der Waals surface area contributed by atoms with Crippen molar-refractivity contribution in [2.45, 2.75) is 25.3 Å². The van der Waals surface area contributed by atoms with Crippen molar-refractivity contribution in [1.82, 2.24) is 4.90 Å². The number of hydrogen-bond donors (Lipinski definition) is 1. The van der Waals surface area contributed by atoms with Crippen LogP contribution in [0.5, 0.6) is 0 Å². The van der Waals surface area contributed by atoms with Crippen LogP contribution in [0.15, 0.2) is 18.2 Å². The molecule has 1 unspecified atom stereocenters. The standard InChI is InChI=1S/C13H16F2N2O/c1-13(8-16)5-2-6-17(13)12(18)10-7-9(14)3-4-11(10)15/h3-4,7H,2,5-6,8,16H2,1H3. The Morgan fingerprint density at radius 1 is 1.50 bits per heavy atom. The van der Waals surface area contributed by atoms with Gasteiger partial charge in [-0.05, 0) is 38.0 Å². The zero-order chi connectivity index (χ0) is 13.3. The van der Waals surface area contributed by atoms with Gasteiger partial charge in [-0.2, -0.15) is 0 Å². The van der Waals surface area contributed by atoms with Crippen molar-refractivity contribution < 1.29 is 13.6 Å². The van der Waals surface area contributed by atoms with Crippen molar-refractivity contribution in [2.24, 2.45) is 5.73 Å². The van der Waals surface area contributed by atoms with E-state index in [4.69, 9.17) is 5.73 Å². The van der Waals surface area contributed by atoms with E-state index in [0.717, 1.165) is 31.0 Å². The van der Waals surface area contributed by atoms with E-state index in [0.29, 0.717) is 13.1 Å². The van der Waals surface area contributed by atoms with Crippen molar-refractivity contribution in [3.8, 4) is 0 Å². The molecule has 2 N–H and O–H groups in total. The molecule has 1 fully saturated rings. The SMILES string of the molecule is CC1(CN)CCCN1C(=O)c1cc(F)ccc1F. The van der Waals surface area contributed by atoms with Crippen molar-refractivity contribution in [2.75, 3.05) is 13.1 Å². The van der Waals surface area contributed by atoms with Crippen molar-refractivity contribution in [3.63, 3.8) is 0 Å². The first kappa shape index (κ1) is 13.0. The predicted molar refractivity (Wildman–Crippen MR) is 64.1 cm³/mol. The monoisotopic (exact) mass is 254 g/mol. The van der Waals surface area contributed by atoms with Crippen LogP contribution in [0.1, 0.15) is 30.1 Å². The van der Waals surface area contributed by atoms with E-state index in [2.05, 4.69) is 0 Å². The number of likely N-dealkylation sites (tertiary alicyclic amines) is 1. The molecule has 1 aromatic carbocycles. The van der Waals surface area contributed by atoms with E-state index in [9.17, 15) is 13.6 Å². The fourth-order valence-electron chi connectivity index (χ4n) is 2.39. The zero-order valence-corrected chi connectivity index (χ0v) is 10.2. The minimum absolute atomic E-state index is 0.225. The largest absolute Gasteiger partial charge is 0.332 e. The van der Waals surface area contributed by atoms with Crippen molar-refractivity contribution in [1.29, 1.82) is 0 Å². The van der Waals surface area contributed by atoms with Gasteiger partial charge in [0.25, 0.3) is 5.91 Å². The molecule has 0 saturated carbocycles. The molecule has 0 bridgehead atoms. The molecule has 5 heteroatoms. The van der Waals surface area contributed by atoms with Crippen LogP contribution in [-0.2, 0) is 0 Å². The number of halogens is 2. The fraction of sp³-hybridized carbons (Fsp3) is 0.462. The van der Waals surface area contributed by atoms with Gasteiger partial charge in [0, 0.05) is 13.1 Å². The second-order valence-electron chi connectivity index (χ2n) is 4.89. The highest BCUT2D eigenvalue weighted by Gasteiger charge is 2.39. The van der Waals surface area contributed by atoms with Crippen LogP contribution in [0.2, 0.25) is 0 Å². The van der Waals surface area contributed by atoms with Crippen molar-refractivity contribution in [3.05, 3.63) is 35.4 Å². The lowest BCUT2D eigenvalue weighted by atomic mass is 9.98. The number of carbonyl (C=O) groups excluding carboxylic acids is 1. The summed E-state index contributed by atoms with van der Waals surface area (Å²) in [5.74, 6) is -1.81. The first-order valence-corrected chi connectivity index (χ1v) is 5.95. The van der Waals surface area contributed by atoms with Gasteiger partial charge in [-0.15, -0.1) is 0 Å². The van der Waals surface area contributed by atoms with Crippen LogP contribution in [0, 0.1) is 11.6 Å². The van der Waals surface area contributed by atoms with E-state index in [1.54, 1.807) is 4.90 Å². The second kappa shape index (κ2) is 4.65. The van der Waals surface area contributed by atoms with E-state index >= 15 is 0 Å². The lowest BCUT2D eigenvalue weighted by Crippen LogP contribution is -2.50. The third-order valence-corrected chi connectivity index (χ3v) is 3.59. The first-order chi connectivity index (χ1) is 8.48. The van der Waals surface area contributed by atoms with Gasteiger partial charge >= 0.3 is 0 Å². The summed E-state index contributed by atoms with van der Waals surface area (Å²) in [6.45, 7) is 2.72. The van der Waals surface area contributed by atoms with Gasteiger partial charge in [-0.1, -0.05) is 0 Å². The Hall–Kier alpha value is -1.49. The van der Waals surface area contributed by atoms with Gasteiger partial charge in [-0.3, -0.25) is 4.79 Å². The van der Waals surface area contributed by atoms with Crippen LogP contribution < -0.4 is 5.73 Å². The molecule has 1 aliphatic rings. The van der Waals surface area contributed by atoms with Gasteiger partial charge in [0.1, 0.15) is 11.6 Å². The Kier molecular flexibility index (Phi) is 3.34. The normalized spacial score (nSPS) is 23.4. The second-order valence-corrected chi connectivity index (χ2v) is 4.89. The number of benzene rings is 1. The van der Waals surface area contributed by atoms with Crippen LogP contribution in [0.4, 0.5) is 8.78 Å². The minimum Gasteiger partial charge on any atom is -0.332 e. The maximum absolute atomic E-state index is 13.6. The molecule has 1 atom stereocenters. The average molecular weight is 254 g/mol. The van der Waals surface area contributed by atoms with Crippen molar-refractivity contribution >= 4 is 5.91 Å². The summed E-state index contributed by atoms with van der Waals surface area (Å²) in [6.07, 6.45) is 1.61. The molecule has 98 valence electrons. The van der Waals surface area contributed by atoms with E-state index in [1.807, 2.05) is 6.92 Å². The Morgan fingerprint density at radius 3 is 2.89 bits per heavy atom. The summed E-state index contributed by atoms with van der Waals surface area (Å²) in [5, 5.41) is 0. The highest BCUT2D eigenvalue weighted by atomic mass is 19.1. The fourth-order valence-corrected chi connectivity index (χ4v) is 2.39. The summed E-state index contributed by atoms with van der Waals surface area (Å²) < 4.78 is 26.7. The molecular weight excluding hydrogens is 238 g/mol. The highest BCUT2D eigenvalue weighted by Crippen LogP contribution is 2.30. The maximum Gasteiger partial charge on any atom is 0.257 e.